The van der Waals surface area contributed by atoms with Gasteiger partial charge in [-0.25, -0.2) is 4.98 Å². The number of fused-ring (bicyclic) bond motifs is 1. The van der Waals surface area contributed by atoms with Crippen LogP contribution in [0.1, 0.15) is 18.4 Å². The Morgan fingerprint density at radius 3 is 2.73 bits per heavy atom. The predicted molar refractivity (Wildman–Crippen MR) is 61.9 cm³/mol. The van der Waals surface area contributed by atoms with E-state index in [1.807, 2.05) is 24.3 Å². The fourth-order valence-corrected chi connectivity index (χ4v) is 2.12. The fourth-order valence-electron chi connectivity index (χ4n) is 1.97. The highest BCUT2D eigenvalue weighted by Gasteiger charge is 2.40. The van der Waals surface area contributed by atoms with Crippen LogP contribution in [0, 0.1) is 0 Å². The number of hydrogen-bond acceptors (Lipinski definition) is 2. The van der Waals surface area contributed by atoms with E-state index in [9.17, 15) is 0 Å². The minimum Gasteiger partial charge on any atom is -0.321 e. The normalized spacial score (nSPS) is 18.0. The summed E-state index contributed by atoms with van der Waals surface area (Å²) in [6.45, 7) is 0. The Bertz CT molecular complexity index is 532. The van der Waals surface area contributed by atoms with Crippen LogP contribution in [0.15, 0.2) is 30.3 Å². The maximum atomic E-state index is 6.21. The number of halogens is 1. The van der Waals surface area contributed by atoms with Gasteiger partial charge in [0.05, 0.1) is 5.52 Å². The van der Waals surface area contributed by atoms with Crippen molar-refractivity contribution in [3.05, 3.63) is 41.0 Å². The van der Waals surface area contributed by atoms with Gasteiger partial charge in [-0.05, 0) is 36.6 Å². The number of aromatic nitrogens is 1. The molecule has 1 aliphatic carbocycles. The first-order chi connectivity index (χ1) is 7.19. The molecular weight excluding hydrogens is 208 g/mol. The van der Waals surface area contributed by atoms with Crippen LogP contribution in [0.2, 0.25) is 5.15 Å². The van der Waals surface area contributed by atoms with Crippen molar-refractivity contribution in [1.82, 2.24) is 4.98 Å². The average molecular weight is 219 g/mol. The third-order valence-corrected chi connectivity index (χ3v) is 3.23. The lowest BCUT2D eigenvalue weighted by atomic mass is 10.0. The highest BCUT2D eigenvalue weighted by atomic mass is 35.5. The number of benzene rings is 1. The molecule has 0 atom stereocenters. The highest BCUT2D eigenvalue weighted by Crippen LogP contribution is 2.45. The Morgan fingerprint density at radius 1 is 1.20 bits per heavy atom. The van der Waals surface area contributed by atoms with Gasteiger partial charge < -0.3 is 5.73 Å². The molecule has 1 fully saturated rings. The molecule has 2 nitrogen and oxygen atoms in total. The molecule has 0 saturated heterocycles. The maximum absolute atomic E-state index is 6.21. The predicted octanol–water partition coefficient (Wildman–Crippen LogP) is 2.84. The lowest BCUT2D eigenvalue weighted by molar-refractivity contribution is 0.748. The van der Waals surface area contributed by atoms with Crippen molar-refractivity contribution in [2.24, 2.45) is 5.73 Å². The second-order valence-electron chi connectivity index (χ2n) is 4.16. The summed E-state index contributed by atoms with van der Waals surface area (Å²) in [5, 5.41) is 1.66. The number of nitrogens with zero attached hydrogens (tertiary/aromatic N) is 1. The standard InChI is InChI=1S/C12H11ClN2/c13-11-5-4-8-9(12(14)6-7-12)2-1-3-10(8)15-11/h1-5H,6-7,14H2. The smallest absolute Gasteiger partial charge is 0.129 e. The molecule has 1 saturated carbocycles. The minimum atomic E-state index is -0.116. The van der Waals surface area contributed by atoms with Crippen LogP contribution < -0.4 is 5.73 Å². The summed E-state index contributed by atoms with van der Waals surface area (Å²) in [5.74, 6) is 0. The second kappa shape index (κ2) is 2.94. The van der Waals surface area contributed by atoms with Crippen molar-refractivity contribution in [2.75, 3.05) is 0 Å². The van der Waals surface area contributed by atoms with E-state index in [1.54, 1.807) is 0 Å². The summed E-state index contributed by atoms with van der Waals surface area (Å²) in [6.07, 6.45) is 2.13. The van der Waals surface area contributed by atoms with E-state index in [2.05, 4.69) is 11.1 Å². The molecule has 3 rings (SSSR count). The molecule has 0 spiro atoms. The van der Waals surface area contributed by atoms with Crippen LogP contribution in [-0.2, 0) is 5.54 Å². The lowest BCUT2D eigenvalue weighted by Crippen LogP contribution is -2.18. The van der Waals surface area contributed by atoms with Gasteiger partial charge in [-0.15, -0.1) is 0 Å². The van der Waals surface area contributed by atoms with E-state index in [4.69, 9.17) is 17.3 Å². The largest absolute Gasteiger partial charge is 0.321 e. The van der Waals surface area contributed by atoms with Gasteiger partial charge in [-0.1, -0.05) is 23.7 Å². The van der Waals surface area contributed by atoms with Gasteiger partial charge in [0, 0.05) is 10.9 Å². The van der Waals surface area contributed by atoms with Crippen LogP contribution in [0.4, 0.5) is 0 Å². The third-order valence-electron chi connectivity index (χ3n) is 3.02. The Hall–Kier alpha value is -1.12. The molecule has 2 N–H and O–H groups in total. The first kappa shape index (κ1) is 9.13. The molecule has 1 aliphatic rings. The van der Waals surface area contributed by atoms with Gasteiger partial charge in [-0.2, -0.15) is 0 Å². The molecule has 1 aromatic carbocycles. The van der Waals surface area contributed by atoms with Gasteiger partial charge in [0.2, 0.25) is 0 Å². The van der Waals surface area contributed by atoms with Crippen LogP contribution in [0.3, 0.4) is 0 Å². The van der Waals surface area contributed by atoms with Crippen LogP contribution in [0.25, 0.3) is 10.9 Å². The molecule has 1 heterocycles. The Labute approximate surface area is 93.1 Å². The lowest BCUT2D eigenvalue weighted by Gasteiger charge is -2.12. The van der Waals surface area contributed by atoms with E-state index in [-0.39, 0.29) is 5.54 Å². The molecule has 1 aromatic heterocycles. The molecule has 76 valence electrons. The highest BCUT2D eigenvalue weighted by molar-refractivity contribution is 6.29. The third kappa shape index (κ3) is 1.41. The molecule has 3 heteroatoms. The van der Waals surface area contributed by atoms with Crippen molar-refractivity contribution < 1.29 is 0 Å². The molecule has 2 aromatic rings. The Balaban J connectivity index is 2.31. The Morgan fingerprint density at radius 2 is 2.00 bits per heavy atom. The number of rotatable bonds is 1. The summed E-state index contributed by atoms with van der Waals surface area (Å²) in [4.78, 5) is 4.29. The summed E-state index contributed by atoms with van der Waals surface area (Å²) in [6, 6.07) is 9.88. The fraction of sp³-hybridized carbons (Fsp3) is 0.250. The molecule has 0 bridgehead atoms. The van der Waals surface area contributed by atoms with E-state index in [1.165, 1.54) is 5.56 Å². The van der Waals surface area contributed by atoms with Crippen LogP contribution in [0.5, 0.6) is 0 Å². The summed E-state index contributed by atoms with van der Waals surface area (Å²) >= 11 is 5.86. The molecule has 0 aliphatic heterocycles. The number of pyridine rings is 1. The van der Waals surface area contributed by atoms with Gasteiger partial charge in [-0.3, -0.25) is 0 Å². The topological polar surface area (TPSA) is 38.9 Å². The second-order valence-corrected chi connectivity index (χ2v) is 4.55. The van der Waals surface area contributed by atoms with Crippen LogP contribution in [-0.4, -0.2) is 4.98 Å². The zero-order chi connectivity index (χ0) is 10.5. The molecule has 0 unspecified atom stereocenters. The van der Waals surface area contributed by atoms with Crippen molar-refractivity contribution in [3.63, 3.8) is 0 Å². The average Bonchev–Trinajstić information content (AvgIpc) is 2.96. The minimum absolute atomic E-state index is 0.116. The SMILES string of the molecule is NC1(c2cccc3nc(Cl)ccc23)CC1. The molecular formula is C12H11ClN2. The zero-order valence-corrected chi connectivity index (χ0v) is 8.96. The van der Waals surface area contributed by atoms with Crippen LogP contribution >= 0.6 is 11.6 Å². The molecule has 0 radical (unpaired) electrons. The summed E-state index contributed by atoms with van der Waals surface area (Å²) < 4.78 is 0. The zero-order valence-electron chi connectivity index (χ0n) is 8.20. The van der Waals surface area contributed by atoms with Crippen molar-refractivity contribution >= 4 is 22.5 Å². The van der Waals surface area contributed by atoms with E-state index < -0.39 is 0 Å². The molecule has 0 amide bonds. The number of nitrogens with two attached hydrogens (primary N) is 1. The molecule has 15 heavy (non-hydrogen) atoms. The van der Waals surface area contributed by atoms with Gasteiger partial charge in [0.1, 0.15) is 5.15 Å². The monoisotopic (exact) mass is 218 g/mol. The summed E-state index contributed by atoms with van der Waals surface area (Å²) in [7, 11) is 0. The van der Waals surface area contributed by atoms with Gasteiger partial charge in [0.15, 0.2) is 0 Å². The van der Waals surface area contributed by atoms with Crippen molar-refractivity contribution in [1.29, 1.82) is 0 Å². The maximum Gasteiger partial charge on any atom is 0.129 e. The first-order valence-corrected chi connectivity index (χ1v) is 5.41. The van der Waals surface area contributed by atoms with Gasteiger partial charge in [0.25, 0.3) is 0 Å². The van der Waals surface area contributed by atoms with Gasteiger partial charge >= 0.3 is 0 Å². The van der Waals surface area contributed by atoms with E-state index in [0.29, 0.717) is 5.15 Å². The number of hydrogen-bond donors (Lipinski definition) is 1. The van der Waals surface area contributed by atoms with Crippen molar-refractivity contribution in [2.45, 2.75) is 18.4 Å². The van der Waals surface area contributed by atoms with Crippen molar-refractivity contribution in [3.8, 4) is 0 Å². The quantitative estimate of drug-likeness (QED) is 0.748. The summed E-state index contributed by atoms with van der Waals surface area (Å²) in [5.41, 5.74) is 8.22. The first-order valence-electron chi connectivity index (χ1n) is 5.04. The Kier molecular flexibility index (Phi) is 1.79. The van der Waals surface area contributed by atoms with E-state index in [0.717, 1.165) is 23.7 Å². The van der Waals surface area contributed by atoms with E-state index >= 15 is 0 Å².